The zero-order chi connectivity index (χ0) is 32.1. The Morgan fingerprint density at radius 3 is 2.38 bits per heavy atom. The fraction of sp³-hybridized carbons (Fsp3) is 0.400. The number of aryl methyl sites for hydroxylation is 1. The fourth-order valence-corrected chi connectivity index (χ4v) is 6.00. The van der Waals surface area contributed by atoms with Gasteiger partial charge in [0.25, 0.3) is 17.7 Å². The maximum Gasteiger partial charge on any atom is 0.256 e. The van der Waals surface area contributed by atoms with E-state index >= 15 is 0 Å². The number of rotatable bonds is 11. The van der Waals surface area contributed by atoms with Crippen molar-refractivity contribution in [1.29, 1.82) is 0 Å². The van der Waals surface area contributed by atoms with Crippen molar-refractivity contribution in [2.24, 2.45) is 0 Å². The zero-order valence-corrected chi connectivity index (χ0v) is 27.0. The molecular weight excluding hydrogens is 566 g/mol. The van der Waals surface area contributed by atoms with Crippen molar-refractivity contribution >= 4 is 40.7 Å². The third-order valence-corrected chi connectivity index (χ3v) is 8.88. The number of fused-ring (bicyclic) bond motifs is 1. The summed E-state index contributed by atoms with van der Waals surface area (Å²) in [5.41, 5.74) is 7.08. The number of aromatic amines is 1. The van der Waals surface area contributed by atoms with E-state index in [-0.39, 0.29) is 17.7 Å². The molecule has 0 aliphatic carbocycles. The second-order valence-corrected chi connectivity index (χ2v) is 11.9. The first-order chi connectivity index (χ1) is 21.7. The molecule has 0 atom stereocenters. The number of hydrogen-bond acceptors (Lipinski definition) is 6. The minimum atomic E-state index is -0.235. The van der Waals surface area contributed by atoms with Crippen LogP contribution in [0.5, 0.6) is 0 Å². The Morgan fingerprint density at radius 2 is 1.69 bits per heavy atom. The first kappa shape index (κ1) is 32.2. The van der Waals surface area contributed by atoms with Gasteiger partial charge in [-0.3, -0.25) is 19.3 Å². The summed E-state index contributed by atoms with van der Waals surface area (Å²) in [6, 6.07) is 13.1. The molecule has 0 saturated carbocycles. The van der Waals surface area contributed by atoms with Gasteiger partial charge >= 0.3 is 0 Å². The smallest absolute Gasteiger partial charge is 0.256 e. The van der Waals surface area contributed by atoms with Gasteiger partial charge in [-0.25, -0.2) is 0 Å². The minimum Gasteiger partial charge on any atom is -0.358 e. The number of amides is 3. The Balaban J connectivity index is 1.24. The normalized spacial score (nSPS) is 16.2. The van der Waals surface area contributed by atoms with Crippen LogP contribution in [-0.2, 0) is 11.3 Å². The molecule has 2 aliphatic rings. The lowest BCUT2D eigenvalue weighted by Crippen LogP contribution is -2.43. The Labute approximate surface area is 265 Å². The average Bonchev–Trinajstić information content (AvgIpc) is 3.49. The van der Waals surface area contributed by atoms with Crippen LogP contribution in [0, 0.1) is 13.8 Å². The van der Waals surface area contributed by atoms with Crippen molar-refractivity contribution in [3.8, 4) is 0 Å². The van der Waals surface area contributed by atoms with Gasteiger partial charge in [0.1, 0.15) is 0 Å². The van der Waals surface area contributed by atoms with Gasteiger partial charge in [0, 0.05) is 74.0 Å². The molecule has 2 aromatic carbocycles. The molecule has 238 valence electrons. The highest BCUT2D eigenvalue weighted by atomic mass is 16.2. The summed E-state index contributed by atoms with van der Waals surface area (Å²) in [7, 11) is 2.15. The molecule has 3 amide bonds. The number of nitrogens with one attached hydrogen (secondary N) is 4. The van der Waals surface area contributed by atoms with E-state index in [1.807, 2.05) is 44.2 Å². The monoisotopic (exact) mass is 611 g/mol. The number of likely N-dealkylation sites (N-methyl/N-ethyl adjacent to an activating group) is 2. The van der Waals surface area contributed by atoms with Gasteiger partial charge < -0.3 is 30.7 Å². The third kappa shape index (κ3) is 7.53. The van der Waals surface area contributed by atoms with E-state index in [0.29, 0.717) is 40.3 Å². The van der Waals surface area contributed by atoms with Gasteiger partial charge in [0.05, 0.1) is 16.8 Å². The molecule has 3 aromatic rings. The van der Waals surface area contributed by atoms with Crippen LogP contribution in [-0.4, -0.2) is 96.8 Å². The van der Waals surface area contributed by atoms with Crippen LogP contribution in [0.25, 0.3) is 11.6 Å². The SMILES string of the molecule is CCN(CC)CCNC(=O)c1c(C)[nH]c(C=C2C(=O)Nc3cc(NC(=O)c4ccc(CN5CCN(C)CC5)cc4)ccc32)c1C. The summed E-state index contributed by atoms with van der Waals surface area (Å²) >= 11 is 0. The highest BCUT2D eigenvalue weighted by Gasteiger charge is 2.26. The average molecular weight is 612 g/mol. The topological polar surface area (TPSA) is 113 Å². The number of piperazine rings is 1. The Morgan fingerprint density at radius 1 is 0.978 bits per heavy atom. The summed E-state index contributed by atoms with van der Waals surface area (Å²) in [5.74, 6) is -0.567. The maximum atomic E-state index is 13.0. The third-order valence-electron chi connectivity index (χ3n) is 8.88. The maximum absolute atomic E-state index is 13.0. The number of H-pyrrole nitrogens is 1. The number of anilines is 2. The lowest BCUT2D eigenvalue weighted by Gasteiger charge is -2.32. The first-order valence-corrected chi connectivity index (χ1v) is 15.8. The van der Waals surface area contributed by atoms with Gasteiger partial charge in [-0.05, 0) is 75.5 Å². The van der Waals surface area contributed by atoms with E-state index in [9.17, 15) is 14.4 Å². The van der Waals surface area contributed by atoms with Crippen molar-refractivity contribution in [2.45, 2.75) is 34.2 Å². The van der Waals surface area contributed by atoms with Crippen molar-refractivity contribution in [3.05, 3.63) is 81.7 Å². The molecule has 0 unspecified atom stereocenters. The van der Waals surface area contributed by atoms with Gasteiger partial charge in [0.15, 0.2) is 0 Å². The summed E-state index contributed by atoms with van der Waals surface area (Å²) in [4.78, 5) is 49.3. The summed E-state index contributed by atoms with van der Waals surface area (Å²) in [6.07, 6.45) is 1.79. The van der Waals surface area contributed by atoms with Crippen LogP contribution in [0.2, 0.25) is 0 Å². The van der Waals surface area contributed by atoms with E-state index in [1.165, 1.54) is 5.56 Å². The van der Waals surface area contributed by atoms with E-state index in [4.69, 9.17) is 0 Å². The first-order valence-electron chi connectivity index (χ1n) is 15.8. The lowest BCUT2D eigenvalue weighted by atomic mass is 10.0. The van der Waals surface area contributed by atoms with Crippen molar-refractivity contribution in [1.82, 2.24) is 25.0 Å². The van der Waals surface area contributed by atoms with Gasteiger partial charge in [-0.15, -0.1) is 0 Å². The number of benzene rings is 2. The largest absolute Gasteiger partial charge is 0.358 e. The van der Waals surface area contributed by atoms with Gasteiger partial charge in [-0.1, -0.05) is 32.0 Å². The number of carbonyl (C=O) groups excluding carboxylic acids is 3. The molecule has 1 saturated heterocycles. The number of nitrogens with zero attached hydrogens (tertiary/aromatic N) is 3. The van der Waals surface area contributed by atoms with E-state index in [0.717, 1.165) is 69.2 Å². The van der Waals surface area contributed by atoms with Gasteiger partial charge in [0.2, 0.25) is 0 Å². The number of hydrogen-bond donors (Lipinski definition) is 4. The second-order valence-electron chi connectivity index (χ2n) is 11.9. The Kier molecular flexibility index (Phi) is 10.2. The van der Waals surface area contributed by atoms with Crippen LogP contribution in [0.3, 0.4) is 0 Å². The van der Waals surface area contributed by atoms with Gasteiger partial charge in [-0.2, -0.15) is 0 Å². The second kappa shape index (κ2) is 14.2. The number of aromatic nitrogens is 1. The highest BCUT2D eigenvalue weighted by molar-refractivity contribution is 6.35. The van der Waals surface area contributed by atoms with Crippen LogP contribution >= 0.6 is 0 Å². The molecule has 3 heterocycles. The minimum absolute atomic E-state index is 0.126. The number of carbonyl (C=O) groups is 3. The standard InChI is InChI=1S/C35H45N7O3/c1-6-41(7-2)15-14-36-35(45)32-23(3)30(37-24(32)4)21-29-28-13-12-27(20-31(28)39-34(29)44)38-33(43)26-10-8-25(9-11-26)22-42-18-16-40(5)17-19-42/h8-13,20-21,37H,6-7,14-19,22H2,1-5H3,(H,36,45)(H,38,43)(H,39,44). The predicted octanol–water partition coefficient (Wildman–Crippen LogP) is 4.20. The summed E-state index contributed by atoms with van der Waals surface area (Å²) in [5, 5.41) is 8.90. The van der Waals surface area contributed by atoms with E-state index in [2.05, 4.69) is 56.5 Å². The lowest BCUT2D eigenvalue weighted by molar-refractivity contribution is -0.110. The molecule has 0 spiro atoms. The summed E-state index contributed by atoms with van der Waals surface area (Å²) in [6.45, 7) is 16.3. The molecule has 45 heavy (non-hydrogen) atoms. The molecule has 4 N–H and O–H groups in total. The summed E-state index contributed by atoms with van der Waals surface area (Å²) < 4.78 is 0. The Bertz CT molecular complexity index is 1580. The van der Waals surface area contributed by atoms with Crippen molar-refractivity contribution in [2.75, 3.05) is 70.0 Å². The predicted molar refractivity (Wildman–Crippen MR) is 180 cm³/mol. The quantitative estimate of drug-likeness (QED) is 0.242. The van der Waals surface area contributed by atoms with Crippen LogP contribution in [0.15, 0.2) is 42.5 Å². The molecule has 5 rings (SSSR count). The Hall–Kier alpha value is -4.25. The molecule has 1 fully saturated rings. The molecular formula is C35H45N7O3. The van der Waals surface area contributed by atoms with Crippen molar-refractivity contribution in [3.63, 3.8) is 0 Å². The molecule has 1 aromatic heterocycles. The zero-order valence-electron chi connectivity index (χ0n) is 27.0. The molecule has 0 bridgehead atoms. The molecule has 0 radical (unpaired) electrons. The molecule has 2 aliphatic heterocycles. The highest BCUT2D eigenvalue weighted by Crippen LogP contribution is 2.36. The van der Waals surface area contributed by atoms with Crippen molar-refractivity contribution < 1.29 is 14.4 Å². The van der Waals surface area contributed by atoms with E-state index in [1.54, 1.807) is 18.2 Å². The van der Waals surface area contributed by atoms with E-state index < -0.39 is 0 Å². The van der Waals surface area contributed by atoms with Crippen LogP contribution in [0.4, 0.5) is 11.4 Å². The molecule has 10 nitrogen and oxygen atoms in total. The fourth-order valence-electron chi connectivity index (χ4n) is 6.00. The van der Waals surface area contributed by atoms with Crippen LogP contribution < -0.4 is 16.0 Å². The molecule has 10 heteroatoms. The van der Waals surface area contributed by atoms with Crippen LogP contribution in [0.1, 0.15) is 62.6 Å².